The molecule has 2 rings (SSSR count). The predicted octanol–water partition coefficient (Wildman–Crippen LogP) is 3.36. The van der Waals surface area contributed by atoms with Gasteiger partial charge >= 0.3 is 6.18 Å². The maximum Gasteiger partial charge on any atom is 0.425 e. The van der Waals surface area contributed by atoms with Crippen molar-refractivity contribution in [2.75, 3.05) is 0 Å². The number of alkyl halides is 3. The van der Waals surface area contributed by atoms with Crippen LogP contribution < -0.4 is 0 Å². The Balaban J connectivity index is 2.69. The van der Waals surface area contributed by atoms with Crippen molar-refractivity contribution in [3.8, 4) is 0 Å². The molecule has 2 aromatic rings. The summed E-state index contributed by atoms with van der Waals surface area (Å²) in [5, 5.41) is 0.0514. The molecule has 0 N–H and O–H groups in total. The molecule has 0 radical (unpaired) electrons. The lowest BCUT2D eigenvalue weighted by Crippen LogP contribution is -2.00. The summed E-state index contributed by atoms with van der Waals surface area (Å²) in [5.74, 6) is 0. The van der Waals surface area contributed by atoms with Crippen LogP contribution in [0, 0.1) is 0 Å². The highest BCUT2D eigenvalue weighted by molar-refractivity contribution is 7.19. The second-order valence-corrected chi connectivity index (χ2v) is 3.90. The number of hydrogen-bond acceptors (Lipinski definition) is 3. The fourth-order valence-corrected chi connectivity index (χ4v) is 2.08. The average Bonchev–Trinajstić information content (AvgIpc) is 2.48. The average molecular weight is 239 g/mol. The minimum atomic E-state index is -4.35. The normalized spacial score (nSPS) is 12.3. The van der Waals surface area contributed by atoms with E-state index in [9.17, 15) is 13.2 Å². The summed E-state index contributed by atoms with van der Waals surface area (Å²) in [6.45, 7) is 0. The van der Waals surface area contributed by atoms with E-state index >= 15 is 0 Å². The molecule has 2 heterocycles. The zero-order chi connectivity index (χ0) is 10.3. The van der Waals surface area contributed by atoms with Crippen molar-refractivity contribution < 1.29 is 13.2 Å². The fraction of sp³-hybridized carbons (Fsp3) is 0.143. The summed E-state index contributed by atoms with van der Waals surface area (Å²) in [7, 11) is 0. The molecule has 0 atom stereocenters. The molecule has 0 aliphatic heterocycles. The standard InChI is InChI=1S/C7H2ClF3N2S/c8-6-5-3(12-2-13-6)1-4(14-5)7(9,10)11/h1-2H. The molecule has 74 valence electrons. The first kappa shape index (κ1) is 9.67. The van der Waals surface area contributed by atoms with Gasteiger partial charge in [-0.3, -0.25) is 0 Å². The number of aromatic nitrogens is 2. The van der Waals surface area contributed by atoms with E-state index in [4.69, 9.17) is 11.6 Å². The first-order valence-corrected chi connectivity index (χ1v) is 4.65. The van der Waals surface area contributed by atoms with Gasteiger partial charge in [0.25, 0.3) is 0 Å². The van der Waals surface area contributed by atoms with Crippen LogP contribution in [0.5, 0.6) is 0 Å². The van der Waals surface area contributed by atoms with E-state index in [0.717, 1.165) is 12.4 Å². The van der Waals surface area contributed by atoms with Crippen LogP contribution in [-0.2, 0) is 6.18 Å². The Hall–Kier alpha value is -0.880. The fourth-order valence-electron chi connectivity index (χ4n) is 0.965. The Morgan fingerprint density at radius 3 is 2.57 bits per heavy atom. The zero-order valence-electron chi connectivity index (χ0n) is 6.47. The highest BCUT2D eigenvalue weighted by Gasteiger charge is 2.33. The van der Waals surface area contributed by atoms with Gasteiger partial charge in [-0.1, -0.05) is 11.6 Å². The summed E-state index contributed by atoms with van der Waals surface area (Å²) in [6, 6.07) is 0.966. The summed E-state index contributed by atoms with van der Waals surface area (Å²) in [6.07, 6.45) is -3.22. The van der Waals surface area contributed by atoms with Crippen LogP contribution in [0.2, 0.25) is 5.15 Å². The van der Waals surface area contributed by atoms with Crippen LogP contribution >= 0.6 is 22.9 Å². The summed E-state index contributed by atoms with van der Waals surface area (Å²) in [4.78, 5) is 6.58. The van der Waals surface area contributed by atoms with Crippen LogP contribution in [0.15, 0.2) is 12.4 Å². The van der Waals surface area contributed by atoms with E-state index in [1.165, 1.54) is 0 Å². The van der Waals surface area contributed by atoms with Gasteiger partial charge in [0, 0.05) is 0 Å². The first-order chi connectivity index (χ1) is 6.48. The van der Waals surface area contributed by atoms with Gasteiger partial charge in [0.2, 0.25) is 0 Å². The first-order valence-electron chi connectivity index (χ1n) is 3.46. The highest BCUT2D eigenvalue weighted by Crippen LogP contribution is 2.38. The Bertz CT molecular complexity index is 479. The Labute approximate surface area is 85.4 Å². The SMILES string of the molecule is FC(F)(F)c1cc2ncnc(Cl)c2s1. The van der Waals surface area contributed by atoms with Gasteiger partial charge in [-0.15, -0.1) is 11.3 Å². The number of thiophene rings is 1. The lowest BCUT2D eigenvalue weighted by Gasteiger charge is -1.99. The van der Waals surface area contributed by atoms with Gasteiger partial charge in [-0.25, -0.2) is 9.97 Å². The molecule has 7 heteroatoms. The Kier molecular flexibility index (Phi) is 2.11. The molecule has 0 saturated heterocycles. The molecule has 0 unspecified atom stereocenters. The van der Waals surface area contributed by atoms with Crippen LogP contribution in [0.3, 0.4) is 0 Å². The van der Waals surface area contributed by atoms with Gasteiger partial charge < -0.3 is 0 Å². The Morgan fingerprint density at radius 1 is 1.29 bits per heavy atom. The maximum atomic E-state index is 12.3. The second kappa shape index (κ2) is 3.06. The second-order valence-electron chi connectivity index (χ2n) is 2.49. The van der Waals surface area contributed by atoms with Gasteiger partial charge in [-0.2, -0.15) is 13.2 Å². The molecule has 0 aliphatic rings. The smallest absolute Gasteiger partial charge is 0.235 e. The highest BCUT2D eigenvalue weighted by atomic mass is 35.5. The van der Waals surface area contributed by atoms with E-state index in [1.807, 2.05) is 0 Å². The monoisotopic (exact) mass is 238 g/mol. The lowest BCUT2D eigenvalue weighted by atomic mass is 10.4. The molecule has 0 bridgehead atoms. The van der Waals surface area contributed by atoms with E-state index in [-0.39, 0.29) is 15.4 Å². The van der Waals surface area contributed by atoms with E-state index in [0.29, 0.717) is 11.3 Å². The summed E-state index contributed by atoms with van der Waals surface area (Å²) >= 11 is 6.16. The quantitative estimate of drug-likeness (QED) is 0.658. The zero-order valence-corrected chi connectivity index (χ0v) is 8.04. The van der Waals surface area contributed by atoms with Crippen molar-refractivity contribution in [1.82, 2.24) is 9.97 Å². The molecule has 0 amide bonds. The van der Waals surface area contributed by atoms with Crippen LogP contribution in [0.25, 0.3) is 10.2 Å². The molecule has 0 spiro atoms. The van der Waals surface area contributed by atoms with Gasteiger partial charge in [0.05, 0.1) is 10.2 Å². The minimum Gasteiger partial charge on any atom is -0.235 e. The van der Waals surface area contributed by atoms with E-state index in [2.05, 4.69) is 9.97 Å². The molecular formula is C7H2ClF3N2S. The van der Waals surface area contributed by atoms with Crippen molar-refractivity contribution in [2.24, 2.45) is 0 Å². The molecule has 0 aliphatic carbocycles. The molecule has 14 heavy (non-hydrogen) atoms. The topological polar surface area (TPSA) is 25.8 Å². The number of rotatable bonds is 0. The van der Waals surface area contributed by atoms with Crippen LogP contribution in [0.1, 0.15) is 4.88 Å². The molecule has 2 aromatic heterocycles. The van der Waals surface area contributed by atoms with Crippen molar-refractivity contribution in [2.45, 2.75) is 6.18 Å². The van der Waals surface area contributed by atoms with E-state index in [1.54, 1.807) is 0 Å². The maximum absolute atomic E-state index is 12.3. The third-order valence-corrected chi connectivity index (χ3v) is 3.12. The number of halogens is 4. The minimum absolute atomic E-state index is 0.0514. The predicted molar refractivity (Wildman–Crippen MR) is 47.4 cm³/mol. The number of hydrogen-bond donors (Lipinski definition) is 0. The molecule has 0 aromatic carbocycles. The van der Waals surface area contributed by atoms with Gasteiger partial charge in [0.1, 0.15) is 16.4 Å². The van der Waals surface area contributed by atoms with Crippen LogP contribution in [-0.4, -0.2) is 9.97 Å². The third kappa shape index (κ3) is 1.55. The van der Waals surface area contributed by atoms with Crippen molar-refractivity contribution in [3.05, 3.63) is 22.4 Å². The van der Waals surface area contributed by atoms with Crippen LogP contribution in [0.4, 0.5) is 13.2 Å². The van der Waals surface area contributed by atoms with Gasteiger partial charge in [-0.05, 0) is 6.07 Å². The lowest BCUT2D eigenvalue weighted by molar-refractivity contribution is -0.134. The molecule has 0 saturated carbocycles. The number of fused-ring (bicyclic) bond motifs is 1. The Morgan fingerprint density at radius 2 is 2.00 bits per heavy atom. The molecular weight excluding hydrogens is 237 g/mol. The summed E-state index contributed by atoms with van der Waals surface area (Å²) in [5.41, 5.74) is 0.224. The van der Waals surface area contributed by atoms with Crippen molar-refractivity contribution >= 4 is 33.2 Å². The molecule has 2 nitrogen and oxygen atoms in total. The third-order valence-electron chi connectivity index (χ3n) is 1.55. The van der Waals surface area contributed by atoms with E-state index < -0.39 is 11.1 Å². The largest absolute Gasteiger partial charge is 0.425 e. The molecule has 0 fully saturated rings. The van der Waals surface area contributed by atoms with Crippen molar-refractivity contribution in [1.29, 1.82) is 0 Å². The van der Waals surface area contributed by atoms with Gasteiger partial charge in [0.15, 0.2) is 0 Å². The number of nitrogens with zero attached hydrogens (tertiary/aromatic N) is 2. The summed E-state index contributed by atoms with van der Waals surface area (Å²) < 4.78 is 37.1. The van der Waals surface area contributed by atoms with Crippen molar-refractivity contribution in [3.63, 3.8) is 0 Å².